The number of aliphatic hydroxyl groups excluding tert-OH is 1. The summed E-state index contributed by atoms with van der Waals surface area (Å²) in [6.45, 7) is 7.34. The molecule has 0 bridgehead atoms. The summed E-state index contributed by atoms with van der Waals surface area (Å²) in [5.41, 5.74) is 1.54. The first kappa shape index (κ1) is 18.4. The molecule has 1 fully saturated rings. The van der Waals surface area contributed by atoms with E-state index in [9.17, 15) is 5.11 Å². The zero-order chi connectivity index (χ0) is 17.0. The van der Waals surface area contributed by atoms with Crippen molar-refractivity contribution in [2.45, 2.75) is 45.1 Å². The predicted molar refractivity (Wildman–Crippen MR) is 89.4 cm³/mol. The van der Waals surface area contributed by atoms with Crippen molar-refractivity contribution in [1.82, 2.24) is 9.88 Å². The average Bonchev–Trinajstić information content (AvgIpc) is 2.97. The van der Waals surface area contributed by atoms with Gasteiger partial charge in [-0.3, -0.25) is 9.88 Å². The number of ether oxygens (including phenoxy) is 1. The molecule has 2 atom stereocenters. The maximum absolute atomic E-state index is 10.2. The normalized spacial score (nSPS) is 20.7. The van der Waals surface area contributed by atoms with E-state index in [4.69, 9.17) is 14.0 Å². The summed E-state index contributed by atoms with van der Waals surface area (Å²) in [5.74, 6) is 0.297. The quantitative estimate of drug-likeness (QED) is 0.621. The monoisotopic (exact) mass is 322 g/mol. The van der Waals surface area contributed by atoms with Crippen LogP contribution in [0, 0.1) is 0 Å². The maximum atomic E-state index is 10.2. The van der Waals surface area contributed by atoms with Crippen molar-refractivity contribution in [3.8, 4) is 0 Å². The number of hydrogen-bond acceptors (Lipinski definition) is 6. The zero-order valence-electron chi connectivity index (χ0n) is 14.7. The van der Waals surface area contributed by atoms with E-state index in [-0.39, 0.29) is 5.60 Å². The SMILES string of the molecule is COB(OC)c1ccc(C2CCN(C(O)OC(C)(C)C)C2)nc1. The molecule has 1 aromatic rings. The Morgan fingerprint density at radius 1 is 1.30 bits per heavy atom. The lowest BCUT2D eigenvalue weighted by atomic mass is 9.80. The van der Waals surface area contributed by atoms with E-state index in [1.807, 2.05) is 37.8 Å². The first-order valence-corrected chi connectivity index (χ1v) is 7.95. The number of rotatable bonds is 6. The molecule has 1 aromatic heterocycles. The summed E-state index contributed by atoms with van der Waals surface area (Å²) < 4.78 is 16.1. The third kappa shape index (κ3) is 4.99. The minimum absolute atomic E-state index is 0.297. The molecule has 2 heterocycles. The fraction of sp³-hybridized carbons (Fsp3) is 0.688. The highest BCUT2D eigenvalue weighted by Gasteiger charge is 2.31. The van der Waals surface area contributed by atoms with E-state index in [1.165, 1.54) is 0 Å². The third-order valence-corrected chi connectivity index (χ3v) is 3.92. The number of aliphatic hydroxyl groups is 1. The molecule has 7 heteroatoms. The Labute approximate surface area is 138 Å². The number of hydrogen-bond donors (Lipinski definition) is 1. The molecule has 2 rings (SSSR count). The van der Waals surface area contributed by atoms with E-state index in [2.05, 4.69) is 4.98 Å². The van der Waals surface area contributed by atoms with Gasteiger partial charge in [0.1, 0.15) is 0 Å². The molecule has 1 aliphatic rings. The summed E-state index contributed by atoms with van der Waals surface area (Å²) in [4.78, 5) is 6.48. The van der Waals surface area contributed by atoms with Crippen molar-refractivity contribution in [3.63, 3.8) is 0 Å². The van der Waals surface area contributed by atoms with Crippen LogP contribution in [0.5, 0.6) is 0 Å². The second-order valence-corrected chi connectivity index (χ2v) is 6.86. The second-order valence-electron chi connectivity index (χ2n) is 6.86. The predicted octanol–water partition coefficient (Wildman–Crippen LogP) is 0.950. The minimum Gasteiger partial charge on any atom is -0.410 e. The van der Waals surface area contributed by atoms with Crippen LogP contribution in [0.3, 0.4) is 0 Å². The van der Waals surface area contributed by atoms with Crippen molar-refractivity contribution in [2.75, 3.05) is 27.3 Å². The van der Waals surface area contributed by atoms with Crippen LogP contribution in [-0.4, -0.2) is 61.4 Å². The van der Waals surface area contributed by atoms with Gasteiger partial charge in [-0.2, -0.15) is 0 Å². The molecule has 0 amide bonds. The van der Waals surface area contributed by atoms with Crippen molar-refractivity contribution in [3.05, 3.63) is 24.0 Å². The average molecular weight is 322 g/mol. The third-order valence-electron chi connectivity index (χ3n) is 3.92. The molecule has 6 nitrogen and oxygen atoms in total. The lowest BCUT2D eigenvalue weighted by molar-refractivity contribution is -0.234. The highest BCUT2D eigenvalue weighted by molar-refractivity contribution is 6.61. The van der Waals surface area contributed by atoms with Crippen LogP contribution in [-0.2, 0) is 14.0 Å². The standard InChI is InChI=1S/C16H27BN2O4/c1-16(2,3)23-15(20)19-9-8-12(11-19)14-7-6-13(10-18-14)17(21-4)22-5/h6-7,10,12,15,20H,8-9,11H2,1-5H3. The molecule has 0 aromatic carbocycles. The maximum Gasteiger partial charge on any atom is 0.495 e. The molecular formula is C16H27BN2O4. The fourth-order valence-electron chi connectivity index (χ4n) is 2.79. The van der Waals surface area contributed by atoms with Gasteiger partial charge in [0, 0.05) is 50.6 Å². The first-order chi connectivity index (χ1) is 10.8. The Balaban J connectivity index is 1.96. The molecule has 23 heavy (non-hydrogen) atoms. The summed E-state index contributed by atoms with van der Waals surface area (Å²) in [7, 11) is 2.82. The number of pyridine rings is 1. The number of nitrogens with zero attached hydrogens (tertiary/aromatic N) is 2. The number of aromatic nitrogens is 1. The van der Waals surface area contributed by atoms with Crippen LogP contribution in [0.15, 0.2) is 18.3 Å². The van der Waals surface area contributed by atoms with Gasteiger partial charge in [0.05, 0.1) is 5.60 Å². The van der Waals surface area contributed by atoms with Crippen molar-refractivity contribution in [1.29, 1.82) is 0 Å². The largest absolute Gasteiger partial charge is 0.495 e. The van der Waals surface area contributed by atoms with Gasteiger partial charge in [-0.05, 0) is 33.3 Å². The van der Waals surface area contributed by atoms with Crippen molar-refractivity contribution in [2.24, 2.45) is 0 Å². The number of likely N-dealkylation sites (tertiary alicyclic amines) is 1. The van der Waals surface area contributed by atoms with Crippen LogP contribution in [0.25, 0.3) is 0 Å². The van der Waals surface area contributed by atoms with E-state index < -0.39 is 13.5 Å². The topological polar surface area (TPSA) is 64.1 Å². The van der Waals surface area contributed by atoms with Gasteiger partial charge < -0.3 is 19.2 Å². The summed E-state index contributed by atoms with van der Waals surface area (Å²) in [6.07, 6.45) is 1.87. The molecule has 128 valence electrons. The molecule has 2 unspecified atom stereocenters. The second kappa shape index (κ2) is 7.72. The Morgan fingerprint density at radius 3 is 2.52 bits per heavy atom. The van der Waals surface area contributed by atoms with Gasteiger partial charge >= 0.3 is 7.12 Å². The Hall–Kier alpha value is -0.985. The van der Waals surface area contributed by atoms with Crippen LogP contribution >= 0.6 is 0 Å². The zero-order valence-corrected chi connectivity index (χ0v) is 14.7. The lowest BCUT2D eigenvalue weighted by Gasteiger charge is -2.29. The van der Waals surface area contributed by atoms with E-state index >= 15 is 0 Å². The first-order valence-electron chi connectivity index (χ1n) is 7.95. The minimum atomic E-state index is -0.870. The summed E-state index contributed by atoms with van der Waals surface area (Å²) in [5, 5.41) is 10.2. The molecule has 0 radical (unpaired) electrons. The summed E-state index contributed by atoms with van der Waals surface area (Å²) in [6, 6.07) is 3.98. The van der Waals surface area contributed by atoms with Gasteiger partial charge in [0.15, 0.2) is 0 Å². The molecular weight excluding hydrogens is 295 g/mol. The van der Waals surface area contributed by atoms with Crippen LogP contribution in [0.4, 0.5) is 0 Å². The van der Waals surface area contributed by atoms with Gasteiger partial charge in [-0.25, -0.2) is 0 Å². The molecule has 0 saturated carbocycles. The fourth-order valence-corrected chi connectivity index (χ4v) is 2.79. The van der Waals surface area contributed by atoms with Gasteiger partial charge in [0.25, 0.3) is 0 Å². The molecule has 1 N–H and O–H groups in total. The highest BCUT2D eigenvalue weighted by Crippen LogP contribution is 2.27. The lowest BCUT2D eigenvalue weighted by Crippen LogP contribution is -2.40. The smallest absolute Gasteiger partial charge is 0.410 e. The van der Waals surface area contributed by atoms with Crippen LogP contribution in [0.2, 0.25) is 0 Å². The molecule has 1 aliphatic heterocycles. The Kier molecular flexibility index (Phi) is 6.16. The Morgan fingerprint density at radius 2 is 2.00 bits per heavy atom. The Bertz CT molecular complexity index is 488. The van der Waals surface area contributed by atoms with E-state index in [0.717, 1.165) is 30.7 Å². The summed E-state index contributed by atoms with van der Waals surface area (Å²) >= 11 is 0. The van der Waals surface area contributed by atoms with E-state index in [0.29, 0.717) is 5.92 Å². The van der Waals surface area contributed by atoms with Gasteiger partial charge in [-0.15, -0.1) is 0 Å². The van der Waals surface area contributed by atoms with Gasteiger partial charge in [-0.1, -0.05) is 6.07 Å². The van der Waals surface area contributed by atoms with Crippen LogP contribution < -0.4 is 5.46 Å². The molecule has 1 saturated heterocycles. The van der Waals surface area contributed by atoms with Gasteiger partial charge in [0.2, 0.25) is 6.41 Å². The van der Waals surface area contributed by atoms with Crippen LogP contribution in [0.1, 0.15) is 38.8 Å². The molecule has 0 aliphatic carbocycles. The van der Waals surface area contributed by atoms with E-state index in [1.54, 1.807) is 20.4 Å². The van der Waals surface area contributed by atoms with Crippen molar-refractivity contribution >= 4 is 12.6 Å². The molecule has 0 spiro atoms. The van der Waals surface area contributed by atoms with Crippen molar-refractivity contribution < 1.29 is 19.2 Å². The highest BCUT2D eigenvalue weighted by atomic mass is 16.6.